The molecule has 0 spiro atoms. The number of nitrogens with one attached hydrogen (secondary N) is 2. The van der Waals surface area contributed by atoms with E-state index in [1.54, 1.807) is 12.1 Å². The lowest BCUT2D eigenvalue weighted by molar-refractivity contribution is 0.0697. The third-order valence-electron chi connectivity index (χ3n) is 2.23. The summed E-state index contributed by atoms with van der Waals surface area (Å²) in [6.45, 7) is 1.30. The molecule has 0 radical (unpaired) electrons. The van der Waals surface area contributed by atoms with Crippen molar-refractivity contribution < 1.29 is 14.7 Å². The van der Waals surface area contributed by atoms with Crippen LogP contribution in [0.2, 0.25) is 0 Å². The zero-order valence-corrected chi connectivity index (χ0v) is 10.4. The summed E-state index contributed by atoms with van der Waals surface area (Å²) in [6, 6.07) is 5.68. The number of carboxylic acid groups (broad SMARTS) is 1. The minimum atomic E-state index is -0.989. The zero-order chi connectivity index (χ0) is 13.5. The van der Waals surface area contributed by atoms with Crippen molar-refractivity contribution in [3.8, 4) is 0 Å². The van der Waals surface area contributed by atoms with Gasteiger partial charge in [-0.3, -0.25) is 0 Å². The topological polar surface area (TPSA) is 81.7 Å². The molecule has 3 N–H and O–H groups in total. The summed E-state index contributed by atoms with van der Waals surface area (Å²) in [6.07, 6.45) is 0. The largest absolute Gasteiger partial charge is 0.478 e. The molecular formula is C12H17N3O3. The summed E-state index contributed by atoms with van der Waals surface area (Å²) in [5, 5.41) is 14.0. The van der Waals surface area contributed by atoms with Gasteiger partial charge in [-0.1, -0.05) is 0 Å². The second-order valence-corrected chi connectivity index (χ2v) is 4.07. The minimum Gasteiger partial charge on any atom is -0.478 e. The van der Waals surface area contributed by atoms with Crippen LogP contribution in [0.4, 0.5) is 10.5 Å². The van der Waals surface area contributed by atoms with Crippen LogP contribution >= 0.6 is 0 Å². The zero-order valence-electron chi connectivity index (χ0n) is 10.4. The lowest BCUT2D eigenvalue weighted by Crippen LogP contribution is -2.34. The first kappa shape index (κ1) is 14.0. The maximum Gasteiger partial charge on any atom is 0.335 e. The maximum absolute atomic E-state index is 11.5. The maximum atomic E-state index is 11.5. The quantitative estimate of drug-likeness (QED) is 0.731. The molecule has 0 bridgehead atoms. The van der Waals surface area contributed by atoms with Crippen LogP contribution in [-0.2, 0) is 0 Å². The Morgan fingerprint density at radius 3 is 2.33 bits per heavy atom. The van der Waals surface area contributed by atoms with Crippen LogP contribution in [0, 0.1) is 0 Å². The summed E-state index contributed by atoms with van der Waals surface area (Å²) in [4.78, 5) is 24.1. The van der Waals surface area contributed by atoms with Gasteiger partial charge in [0, 0.05) is 18.8 Å². The van der Waals surface area contributed by atoms with Crippen LogP contribution in [0.1, 0.15) is 10.4 Å². The van der Waals surface area contributed by atoms with Gasteiger partial charge in [-0.25, -0.2) is 9.59 Å². The third kappa shape index (κ3) is 4.84. The van der Waals surface area contributed by atoms with E-state index in [0.717, 1.165) is 6.54 Å². The molecule has 18 heavy (non-hydrogen) atoms. The van der Waals surface area contributed by atoms with Crippen molar-refractivity contribution in [3.63, 3.8) is 0 Å². The van der Waals surface area contributed by atoms with Crippen molar-refractivity contribution in [2.75, 3.05) is 32.5 Å². The highest BCUT2D eigenvalue weighted by Crippen LogP contribution is 2.09. The molecule has 0 fully saturated rings. The molecule has 2 amide bonds. The van der Waals surface area contributed by atoms with Crippen LogP contribution < -0.4 is 10.6 Å². The number of nitrogens with zero attached hydrogens (tertiary/aromatic N) is 1. The average Bonchev–Trinajstić information content (AvgIpc) is 2.29. The number of hydrogen-bond donors (Lipinski definition) is 3. The molecule has 0 saturated carbocycles. The number of rotatable bonds is 5. The van der Waals surface area contributed by atoms with Crippen LogP contribution in [0.15, 0.2) is 24.3 Å². The Kier molecular flexibility index (Phi) is 5.13. The number of hydrogen-bond acceptors (Lipinski definition) is 3. The summed E-state index contributed by atoms with van der Waals surface area (Å²) in [5.74, 6) is -0.989. The van der Waals surface area contributed by atoms with Crippen LogP contribution in [-0.4, -0.2) is 49.2 Å². The number of carboxylic acids is 1. The van der Waals surface area contributed by atoms with Crippen molar-refractivity contribution in [2.24, 2.45) is 0 Å². The van der Waals surface area contributed by atoms with Crippen molar-refractivity contribution in [2.45, 2.75) is 0 Å². The summed E-state index contributed by atoms with van der Waals surface area (Å²) < 4.78 is 0. The van der Waals surface area contributed by atoms with Crippen LogP contribution in [0.25, 0.3) is 0 Å². The highest BCUT2D eigenvalue weighted by atomic mass is 16.4. The van der Waals surface area contributed by atoms with Gasteiger partial charge in [0.1, 0.15) is 0 Å². The van der Waals surface area contributed by atoms with Crippen molar-refractivity contribution in [1.29, 1.82) is 0 Å². The standard InChI is InChI=1S/C12H17N3O3/c1-15(2)8-7-13-12(18)14-10-5-3-9(4-6-10)11(16)17/h3-6H,7-8H2,1-2H3,(H,16,17)(H2,13,14,18). The first-order valence-electron chi connectivity index (χ1n) is 5.52. The normalized spacial score (nSPS) is 10.2. The Bertz CT molecular complexity index is 415. The van der Waals surface area contributed by atoms with E-state index in [2.05, 4.69) is 10.6 Å². The Morgan fingerprint density at radius 1 is 1.22 bits per heavy atom. The van der Waals surface area contributed by atoms with Crippen LogP contribution in [0.3, 0.4) is 0 Å². The van der Waals surface area contributed by atoms with Crippen molar-refractivity contribution in [1.82, 2.24) is 10.2 Å². The van der Waals surface area contributed by atoms with E-state index >= 15 is 0 Å². The van der Waals surface area contributed by atoms with E-state index in [9.17, 15) is 9.59 Å². The number of anilines is 1. The number of carbonyl (C=O) groups excluding carboxylic acids is 1. The van der Waals surface area contributed by atoms with E-state index in [1.165, 1.54) is 12.1 Å². The van der Waals surface area contributed by atoms with Crippen LogP contribution in [0.5, 0.6) is 0 Å². The lowest BCUT2D eigenvalue weighted by atomic mass is 10.2. The fourth-order valence-electron chi connectivity index (χ4n) is 1.26. The highest BCUT2D eigenvalue weighted by molar-refractivity contribution is 5.91. The molecule has 6 nitrogen and oxygen atoms in total. The van der Waals surface area contributed by atoms with Gasteiger partial charge in [-0.05, 0) is 38.4 Å². The monoisotopic (exact) mass is 251 g/mol. The summed E-state index contributed by atoms with van der Waals surface area (Å²) in [7, 11) is 3.84. The molecular weight excluding hydrogens is 234 g/mol. The molecule has 0 saturated heterocycles. The van der Waals surface area contributed by atoms with Crippen molar-refractivity contribution in [3.05, 3.63) is 29.8 Å². The molecule has 0 aliphatic carbocycles. The number of carbonyl (C=O) groups is 2. The van der Waals surface area contributed by atoms with E-state index in [-0.39, 0.29) is 11.6 Å². The number of benzene rings is 1. The Balaban J connectivity index is 2.42. The molecule has 0 atom stereocenters. The molecule has 0 aliphatic heterocycles. The predicted molar refractivity (Wildman–Crippen MR) is 69.0 cm³/mol. The van der Waals surface area contributed by atoms with Gasteiger partial charge < -0.3 is 20.6 Å². The molecule has 0 heterocycles. The van der Waals surface area contributed by atoms with Gasteiger partial charge in [0.25, 0.3) is 0 Å². The molecule has 0 aromatic heterocycles. The number of likely N-dealkylation sites (N-methyl/N-ethyl adjacent to an activating group) is 1. The van der Waals surface area contributed by atoms with Gasteiger partial charge >= 0.3 is 12.0 Å². The predicted octanol–water partition coefficient (Wildman–Crippen LogP) is 1.07. The second kappa shape index (κ2) is 6.61. The van der Waals surface area contributed by atoms with E-state index in [1.807, 2.05) is 19.0 Å². The number of amides is 2. The Labute approximate surface area is 106 Å². The molecule has 0 aliphatic rings. The molecule has 1 aromatic carbocycles. The highest BCUT2D eigenvalue weighted by Gasteiger charge is 2.04. The van der Waals surface area contributed by atoms with E-state index in [4.69, 9.17) is 5.11 Å². The smallest absolute Gasteiger partial charge is 0.335 e. The Morgan fingerprint density at radius 2 is 1.83 bits per heavy atom. The fourth-order valence-corrected chi connectivity index (χ4v) is 1.26. The molecule has 98 valence electrons. The lowest BCUT2D eigenvalue weighted by Gasteiger charge is -2.11. The molecule has 1 aromatic rings. The first-order valence-corrected chi connectivity index (χ1v) is 5.52. The van der Waals surface area contributed by atoms with E-state index < -0.39 is 5.97 Å². The van der Waals surface area contributed by atoms with Gasteiger partial charge in [-0.2, -0.15) is 0 Å². The van der Waals surface area contributed by atoms with Gasteiger partial charge in [0.2, 0.25) is 0 Å². The number of aromatic carboxylic acids is 1. The SMILES string of the molecule is CN(C)CCNC(=O)Nc1ccc(C(=O)O)cc1. The van der Waals surface area contributed by atoms with Gasteiger partial charge in [0.15, 0.2) is 0 Å². The fraction of sp³-hybridized carbons (Fsp3) is 0.333. The molecule has 0 unspecified atom stereocenters. The summed E-state index contributed by atoms with van der Waals surface area (Å²) in [5.41, 5.74) is 0.746. The first-order chi connectivity index (χ1) is 8.49. The Hall–Kier alpha value is -2.08. The number of urea groups is 1. The van der Waals surface area contributed by atoms with Crippen molar-refractivity contribution >= 4 is 17.7 Å². The van der Waals surface area contributed by atoms with Gasteiger partial charge in [0.05, 0.1) is 5.56 Å². The molecule has 1 rings (SSSR count). The van der Waals surface area contributed by atoms with E-state index in [0.29, 0.717) is 12.2 Å². The summed E-state index contributed by atoms with van der Waals surface area (Å²) >= 11 is 0. The second-order valence-electron chi connectivity index (χ2n) is 4.07. The third-order valence-corrected chi connectivity index (χ3v) is 2.23. The average molecular weight is 251 g/mol. The van der Waals surface area contributed by atoms with Gasteiger partial charge in [-0.15, -0.1) is 0 Å². The minimum absolute atomic E-state index is 0.188. The molecule has 6 heteroatoms.